The maximum absolute atomic E-state index is 13.3. The molecule has 2 aromatic carbocycles. The predicted molar refractivity (Wildman–Crippen MR) is 113 cm³/mol. The number of aromatic nitrogens is 1. The minimum Gasteiger partial charge on any atom is -0.506 e. The van der Waals surface area contributed by atoms with E-state index in [0.29, 0.717) is 23.2 Å². The number of aryl methyl sites for hydroxylation is 1. The molecule has 0 saturated heterocycles. The van der Waals surface area contributed by atoms with Crippen molar-refractivity contribution in [2.45, 2.75) is 4.90 Å². The third kappa shape index (κ3) is 3.63. The number of hydrogen-bond acceptors (Lipinski definition) is 5. The molecule has 0 aliphatic heterocycles. The van der Waals surface area contributed by atoms with Crippen LogP contribution in [0.15, 0.2) is 58.2 Å². The van der Waals surface area contributed by atoms with Gasteiger partial charge in [0.05, 0.1) is 12.1 Å². The molecule has 6 nitrogen and oxygen atoms in total. The van der Waals surface area contributed by atoms with Crippen LogP contribution in [0.25, 0.3) is 10.9 Å². The number of nitrogens with zero attached hydrogens (tertiary/aromatic N) is 2. The first-order valence-corrected chi connectivity index (χ1v) is 9.97. The molecule has 0 aliphatic carbocycles. The molecular weight excluding hydrogens is 376 g/mol. The van der Waals surface area contributed by atoms with Crippen molar-refractivity contribution in [3.05, 3.63) is 64.4 Å². The van der Waals surface area contributed by atoms with Crippen LogP contribution >= 0.6 is 11.8 Å². The van der Waals surface area contributed by atoms with E-state index < -0.39 is 11.5 Å². The van der Waals surface area contributed by atoms with Crippen LogP contribution in [-0.4, -0.2) is 42.1 Å². The summed E-state index contributed by atoms with van der Waals surface area (Å²) in [6.45, 7) is 0.552. The van der Waals surface area contributed by atoms with E-state index in [1.807, 2.05) is 30.5 Å². The van der Waals surface area contributed by atoms with Crippen molar-refractivity contribution in [1.29, 1.82) is 0 Å². The number of amides is 1. The van der Waals surface area contributed by atoms with Gasteiger partial charge in [-0.1, -0.05) is 18.2 Å². The lowest BCUT2D eigenvalue weighted by Gasteiger charge is -2.23. The molecule has 7 heteroatoms. The Balaban J connectivity index is 2.20. The number of ether oxygens (including phenoxy) is 1. The molecule has 1 amide bonds. The average molecular weight is 398 g/mol. The van der Waals surface area contributed by atoms with Gasteiger partial charge in [-0.3, -0.25) is 9.59 Å². The molecular formula is C21H22N2O4S. The highest BCUT2D eigenvalue weighted by molar-refractivity contribution is 7.98. The Labute approximate surface area is 167 Å². The first-order valence-electron chi connectivity index (χ1n) is 8.75. The van der Waals surface area contributed by atoms with Crippen LogP contribution in [0.2, 0.25) is 0 Å². The number of carbonyl (C=O) groups is 1. The number of carbonyl (C=O) groups excluding carboxylic acids is 1. The summed E-state index contributed by atoms with van der Waals surface area (Å²) in [5, 5.41) is 11.3. The fraction of sp³-hybridized carbons (Fsp3) is 0.238. The van der Waals surface area contributed by atoms with Crippen molar-refractivity contribution in [1.82, 2.24) is 4.57 Å². The number of para-hydroxylation sites is 1. The lowest BCUT2D eigenvalue weighted by molar-refractivity contribution is 0.0971. The van der Waals surface area contributed by atoms with E-state index in [-0.39, 0.29) is 17.9 Å². The van der Waals surface area contributed by atoms with Gasteiger partial charge in [0.2, 0.25) is 0 Å². The average Bonchev–Trinajstić information content (AvgIpc) is 2.73. The van der Waals surface area contributed by atoms with E-state index in [1.165, 1.54) is 21.2 Å². The maximum Gasteiger partial charge on any atom is 0.267 e. The molecule has 1 N–H and O–H groups in total. The number of methoxy groups -OCH3 is 1. The van der Waals surface area contributed by atoms with Crippen LogP contribution < -0.4 is 10.5 Å². The summed E-state index contributed by atoms with van der Waals surface area (Å²) in [4.78, 5) is 28.6. The van der Waals surface area contributed by atoms with Crippen LogP contribution in [0.3, 0.4) is 0 Å². The zero-order valence-corrected chi connectivity index (χ0v) is 16.8. The summed E-state index contributed by atoms with van der Waals surface area (Å²) in [7, 11) is 3.14. The standard InChI is InChI=1S/C21H22N2O4S/c1-22-17-10-9-15(28-3)13-16(17)19(24)18(20(22)25)21(26)23(11-12-27-2)14-7-5-4-6-8-14/h4-10,13,24H,11-12H2,1-3H3. The number of anilines is 1. The number of fused-ring (bicyclic) bond motifs is 1. The van der Waals surface area contributed by atoms with E-state index in [1.54, 1.807) is 38.4 Å². The number of thioether (sulfide) groups is 1. The fourth-order valence-corrected chi connectivity index (χ4v) is 3.54. The van der Waals surface area contributed by atoms with Crippen LogP contribution in [0.4, 0.5) is 5.69 Å². The van der Waals surface area contributed by atoms with Crippen molar-refractivity contribution >= 4 is 34.3 Å². The molecule has 0 unspecified atom stereocenters. The summed E-state index contributed by atoms with van der Waals surface area (Å²) < 4.78 is 6.52. The molecule has 0 bridgehead atoms. The second kappa shape index (κ2) is 8.50. The lowest BCUT2D eigenvalue weighted by atomic mass is 10.1. The molecule has 0 radical (unpaired) electrons. The quantitative estimate of drug-likeness (QED) is 0.646. The summed E-state index contributed by atoms with van der Waals surface area (Å²) in [5.41, 5.74) is 0.419. The Morgan fingerprint density at radius 2 is 1.93 bits per heavy atom. The molecule has 0 fully saturated rings. The third-order valence-electron chi connectivity index (χ3n) is 4.62. The first-order chi connectivity index (χ1) is 13.5. The first kappa shape index (κ1) is 20.0. The van der Waals surface area contributed by atoms with Crippen LogP contribution in [0.1, 0.15) is 10.4 Å². The number of pyridine rings is 1. The number of hydrogen-bond donors (Lipinski definition) is 1. The van der Waals surface area contributed by atoms with Crippen LogP contribution in [0, 0.1) is 0 Å². The molecule has 146 valence electrons. The number of aromatic hydroxyl groups is 1. The Morgan fingerprint density at radius 3 is 2.57 bits per heavy atom. The van der Waals surface area contributed by atoms with Gasteiger partial charge in [0.15, 0.2) is 0 Å². The largest absolute Gasteiger partial charge is 0.506 e. The van der Waals surface area contributed by atoms with E-state index >= 15 is 0 Å². The van der Waals surface area contributed by atoms with Crippen molar-refractivity contribution < 1.29 is 14.6 Å². The Kier molecular flexibility index (Phi) is 6.06. The smallest absolute Gasteiger partial charge is 0.267 e. The van der Waals surface area contributed by atoms with Crippen molar-refractivity contribution in [2.75, 3.05) is 31.4 Å². The molecule has 28 heavy (non-hydrogen) atoms. The Morgan fingerprint density at radius 1 is 1.21 bits per heavy atom. The van der Waals surface area contributed by atoms with Crippen molar-refractivity contribution in [2.24, 2.45) is 7.05 Å². The monoisotopic (exact) mass is 398 g/mol. The molecule has 1 aromatic heterocycles. The van der Waals surface area contributed by atoms with Gasteiger partial charge in [0.25, 0.3) is 11.5 Å². The topological polar surface area (TPSA) is 71.8 Å². The lowest BCUT2D eigenvalue weighted by Crippen LogP contribution is -2.38. The van der Waals surface area contributed by atoms with Gasteiger partial charge < -0.3 is 19.3 Å². The van der Waals surface area contributed by atoms with Gasteiger partial charge in [-0.25, -0.2) is 0 Å². The van der Waals surface area contributed by atoms with E-state index in [9.17, 15) is 14.7 Å². The second-order valence-electron chi connectivity index (χ2n) is 6.26. The third-order valence-corrected chi connectivity index (χ3v) is 5.35. The maximum atomic E-state index is 13.3. The second-order valence-corrected chi connectivity index (χ2v) is 7.14. The predicted octanol–water partition coefficient (Wildman–Crippen LogP) is 3.26. The van der Waals surface area contributed by atoms with E-state index in [0.717, 1.165) is 4.90 Å². The van der Waals surface area contributed by atoms with Gasteiger partial charge in [-0.05, 0) is 36.6 Å². The van der Waals surface area contributed by atoms with Crippen molar-refractivity contribution in [3.63, 3.8) is 0 Å². The number of rotatable bonds is 6. The molecule has 0 spiro atoms. The molecule has 3 rings (SSSR count). The molecule has 3 aromatic rings. The Hall–Kier alpha value is -2.77. The summed E-state index contributed by atoms with van der Waals surface area (Å²) in [6, 6.07) is 14.5. The van der Waals surface area contributed by atoms with Crippen LogP contribution in [-0.2, 0) is 11.8 Å². The van der Waals surface area contributed by atoms with Gasteiger partial charge in [0, 0.05) is 36.7 Å². The van der Waals surface area contributed by atoms with Gasteiger partial charge in [-0.2, -0.15) is 0 Å². The SMILES string of the molecule is COCCN(C(=O)c1c(O)c2cc(SC)ccc2n(C)c1=O)c1ccccc1. The molecule has 0 atom stereocenters. The van der Waals surface area contributed by atoms with Gasteiger partial charge in [0.1, 0.15) is 11.3 Å². The highest BCUT2D eigenvalue weighted by Crippen LogP contribution is 2.31. The van der Waals surface area contributed by atoms with Gasteiger partial charge in [-0.15, -0.1) is 11.8 Å². The molecule has 1 heterocycles. The minimum absolute atomic E-state index is 0.242. The fourth-order valence-electron chi connectivity index (χ4n) is 3.10. The summed E-state index contributed by atoms with van der Waals surface area (Å²) in [5.74, 6) is -0.852. The van der Waals surface area contributed by atoms with Crippen molar-refractivity contribution in [3.8, 4) is 5.75 Å². The molecule has 0 aliphatic rings. The zero-order valence-electron chi connectivity index (χ0n) is 16.0. The van der Waals surface area contributed by atoms with E-state index in [2.05, 4.69) is 0 Å². The van der Waals surface area contributed by atoms with Gasteiger partial charge >= 0.3 is 0 Å². The highest BCUT2D eigenvalue weighted by Gasteiger charge is 2.26. The van der Waals surface area contributed by atoms with E-state index in [4.69, 9.17) is 4.74 Å². The number of benzene rings is 2. The minimum atomic E-state index is -0.558. The van der Waals surface area contributed by atoms with Crippen LogP contribution in [0.5, 0.6) is 5.75 Å². The zero-order chi connectivity index (χ0) is 20.3. The highest BCUT2D eigenvalue weighted by atomic mass is 32.2. The Bertz CT molecular complexity index is 1060. The summed E-state index contributed by atoms with van der Waals surface area (Å²) in [6.07, 6.45) is 1.92. The summed E-state index contributed by atoms with van der Waals surface area (Å²) >= 11 is 1.52. The normalized spacial score (nSPS) is 11.0. The molecule has 0 saturated carbocycles.